The van der Waals surface area contributed by atoms with Crippen molar-refractivity contribution in [2.45, 2.75) is 19.8 Å². The van der Waals surface area contributed by atoms with Crippen LogP contribution >= 0.6 is 0 Å². The molecular formula is C11H22N2O3. The van der Waals surface area contributed by atoms with Gasteiger partial charge in [-0.25, -0.2) is 0 Å². The van der Waals surface area contributed by atoms with Gasteiger partial charge in [-0.2, -0.15) is 0 Å². The summed E-state index contributed by atoms with van der Waals surface area (Å²) < 4.78 is 10.6. The number of ketones is 1. The van der Waals surface area contributed by atoms with Gasteiger partial charge in [-0.05, 0) is 14.0 Å². The first-order valence-electron chi connectivity index (χ1n) is 5.44. The molecule has 0 saturated heterocycles. The number of hydrogen-bond donors (Lipinski definition) is 2. The van der Waals surface area contributed by atoms with Crippen LogP contribution < -0.4 is 10.9 Å². The van der Waals surface area contributed by atoms with Gasteiger partial charge in [0.2, 0.25) is 0 Å². The molecule has 0 aliphatic rings. The van der Waals surface area contributed by atoms with E-state index >= 15 is 0 Å². The first kappa shape index (κ1) is 15.1. The van der Waals surface area contributed by atoms with E-state index in [1.165, 1.54) is 0 Å². The number of rotatable bonds is 11. The van der Waals surface area contributed by atoms with Gasteiger partial charge in [-0.3, -0.25) is 15.6 Å². The van der Waals surface area contributed by atoms with Gasteiger partial charge >= 0.3 is 0 Å². The van der Waals surface area contributed by atoms with E-state index < -0.39 is 0 Å². The minimum Gasteiger partial charge on any atom is -0.498 e. The molecule has 2 N–H and O–H groups in total. The Balaban J connectivity index is 3.20. The number of hydrogen-bond acceptors (Lipinski definition) is 5. The summed E-state index contributed by atoms with van der Waals surface area (Å²) in [5.41, 5.74) is 5.72. The zero-order valence-electron chi connectivity index (χ0n) is 10.2. The molecule has 0 heterocycles. The average Bonchev–Trinajstić information content (AvgIpc) is 2.22. The van der Waals surface area contributed by atoms with Crippen molar-refractivity contribution in [3.05, 3.63) is 12.3 Å². The molecule has 0 amide bonds. The molecule has 0 unspecified atom stereocenters. The highest BCUT2D eigenvalue weighted by Gasteiger charge is 1.98. The van der Waals surface area contributed by atoms with Gasteiger partial charge in [0.25, 0.3) is 0 Å². The smallest absolute Gasteiger partial charge is 0.133 e. The van der Waals surface area contributed by atoms with Gasteiger partial charge in [0.15, 0.2) is 0 Å². The van der Waals surface area contributed by atoms with Crippen LogP contribution in [0.4, 0.5) is 0 Å². The van der Waals surface area contributed by atoms with E-state index in [4.69, 9.17) is 9.47 Å². The van der Waals surface area contributed by atoms with Gasteiger partial charge in [0.1, 0.15) is 5.78 Å². The molecule has 0 radical (unpaired) electrons. The number of carbonyl (C=O) groups is 1. The third-order valence-corrected chi connectivity index (χ3v) is 1.83. The second kappa shape index (κ2) is 10.6. The van der Waals surface area contributed by atoms with E-state index in [-0.39, 0.29) is 5.78 Å². The topological polar surface area (TPSA) is 59.6 Å². The first-order chi connectivity index (χ1) is 7.66. The second-order valence-electron chi connectivity index (χ2n) is 3.38. The summed E-state index contributed by atoms with van der Waals surface area (Å²) in [5, 5.41) is 0. The van der Waals surface area contributed by atoms with Crippen LogP contribution in [0.1, 0.15) is 19.8 Å². The van der Waals surface area contributed by atoms with E-state index in [0.717, 1.165) is 6.54 Å². The molecule has 16 heavy (non-hydrogen) atoms. The molecular weight excluding hydrogens is 208 g/mol. The molecule has 5 nitrogen and oxygen atoms in total. The summed E-state index contributed by atoms with van der Waals surface area (Å²) >= 11 is 0. The molecule has 0 bridgehead atoms. The third-order valence-electron chi connectivity index (χ3n) is 1.83. The van der Waals surface area contributed by atoms with Crippen molar-refractivity contribution in [1.82, 2.24) is 10.9 Å². The summed E-state index contributed by atoms with van der Waals surface area (Å²) in [5.74, 6) is 0.796. The van der Waals surface area contributed by atoms with E-state index in [1.807, 2.05) is 7.05 Å². The molecule has 0 atom stereocenters. The summed E-state index contributed by atoms with van der Waals surface area (Å²) in [7, 11) is 1.81. The highest BCUT2D eigenvalue weighted by molar-refractivity contribution is 5.75. The molecule has 0 aromatic rings. The van der Waals surface area contributed by atoms with Gasteiger partial charge in [-0.1, -0.05) is 6.58 Å². The van der Waals surface area contributed by atoms with Crippen LogP contribution in [-0.4, -0.2) is 39.2 Å². The van der Waals surface area contributed by atoms with Gasteiger partial charge in [0.05, 0.1) is 25.6 Å². The summed E-state index contributed by atoms with van der Waals surface area (Å²) in [6.07, 6.45) is 1.10. The highest BCUT2D eigenvalue weighted by Crippen LogP contribution is 2.01. The Hall–Kier alpha value is -0.910. The predicted octanol–water partition coefficient (Wildman–Crippen LogP) is 0.626. The second-order valence-corrected chi connectivity index (χ2v) is 3.38. The molecule has 0 aliphatic heterocycles. The van der Waals surface area contributed by atoms with Gasteiger partial charge < -0.3 is 9.47 Å². The van der Waals surface area contributed by atoms with Crippen LogP contribution in [0.15, 0.2) is 12.3 Å². The van der Waals surface area contributed by atoms with Crippen molar-refractivity contribution in [2.24, 2.45) is 0 Å². The fraction of sp³-hybridized carbons (Fsp3) is 0.727. The normalized spacial score (nSPS) is 10.1. The minimum atomic E-state index is 0.127. The Bertz CT molecular complexity index is 207. The Morgan fingerprint density at radius 3 is 2.62 bits per heavy atom. The highest BCUT2D eigenvalue weighted by atomic mass is 16.5. The molecule has 0 rings (SSSR count). The fourth-order valence-electron chi connectivity index (χ4n) is 0.948. The van der Waals surface area contributed by atoms with E-state index in [9.17, 15) is 4.79 Å². The van der Waals surface area contributed by atoms with Crippen LogP contribution in [0.25, 0.3) is 0 Å². The zero-order chi connectivity index (χ0) is 12.2. The van der Waals surface area contributed by atoms with E-state index in [2.05, 4.69) is 17.4 Å². The van der Waals surface area contributed by atoms with Crippen molar-refractivity contribution in [3.63, 3.8) is 0 Å². The third kappa shape index (κ3) is 11.2. The number of nitrogens with one attached hydrogen (secondary N) is 2. The maximum Gasteiger partial charge on any atom is 0.133 e. The van der Waals surface area contributed by atoms with Crippen LogP contribution in [0.3, 0.4) is 0 Å². The van der Waals surface area contributed by atoms with E-state index in [1.54, 1.807) is 6.92 Å². The largest absolute Gasteiger partial charge is 0.498 e. The molecule has 0 spiro atoms. The quantitative estimate of drug-likeness (QED) is 0.310. The maximum atomic E-state index is 10.6. The number of ether oxygens (including phenoxy) is 2. The van der Waals surface area contributed by atoms with Crippen LogP contribution in [0.2, 0.25) is 0 Å². The Kier molecular flexibility index (Phi) is 10.00. The molecule has 0 aromatic heterocycles. The Morgan fingerprint density at radius 1 is 1.25 bits per heavy atom. The molecule has 0 aliphatic carbocycles. The minimum absolute atomic E-state index is 0.127. The van der Waals surface area contributed by atoms with Crippen molar-refractivity contribution in [2.75, 3.05) is 33.4 Å². The lowest BCUT2D eigenvalue weighted by molar-refractivity contribution is -0.117. The molecule has 0 aromatic carbocycles. The van der Waals surface area contributed by atoms with E-state index in [0.29, 0.717) is 38.4 Å². The number of hydrazine groups is 1. The van der Waals surface area contributed by atoms with Crippen molar-refractivity contribution in [3.8, 4) is 0 Å². The van der Waals surface area contributed by atoms with Crippen LogP contribution in [-0.2, 0) is 14.3 Å². The van der Waals surface area contributed by atoms with Crippen LogP contribution in [0, 0.1) is 0 Å². The number of Topliss-reactive ketones (excluding diaryl/α,β-unsaturated/α-hetero) is 1. The Morgan fingerprint density at radius 2 is 2.00 bits per heavy atom. The number of carbonyl (C=O) groups excluding carboxylic acids is 1. The van der Waals surface area contributed by atoms with Crippen molar-refractivity contribution in [1.29, 1.82) is 0 Å². The predicted molar refractivity (Wildman–Crippen MR) is 62.9 cm³/mol. The maximum absolute atomic E-state index is 10.6. The Labute approximate surface area is 97.2 Å². The summed E-state index contributed by atoms with van der Waals surface area (Å²) in [6, 6.07) is 0. The molecule has 5 heteroatoms. The summed E-state index contributed by atoms with van der Waals surface area (Å²) in [6.45, 7) is 7.69. The van der Waals surface area contributed by atoms with Crippen molar-refractivity contribution >= 4 is 5.78 Å². The first-order valence-corrected chi connectivity index (χ1v) is 5.44. The van der Waals surface area contributed by atoms with Gasteiger partial charge in [0, 0.05) is 19.4 Å². The lowest BCUT2D eigenvalue weighted by atomic mass is 10.3. The molecule has 0 fully saturated rings. The lowest BCUT2D eigenvalue weighted by Crippen LogP contribution is -2.30. The lowest BCUT2D eigenvalue weighted by Gasteiger charge is -2.09. The summed E-state index contributed by atoms with van der Waals surface area (Å²) in [4.78, 5) is 10.6. The molecule has 0 saturated carbocycles. The zero-order valence-corrected chi connectivity index (χ0v) is 10.2. The molecule has 94 valence electrons. The van der Waals surface area contributed by atoms with Crippen molar-refractivity contribution < 1.29 is 14.3 Å². The van der Waals surface area contributed by atoms with Gasteiger partial charge in [-0.15, -0.1) is 0 Å². The SMILES string of the molecule is C=C(CCOCCNNC)OCCC(C)=O. The van der Waals surface area contributed by atoms with Crippen LogP contribution in [0.5, 0.6) is 0 Å². The average molecular weight is 230 g/mol. The fourth-order valence-corrected chi connectivity index (χ4v) is 0.948. The standard InChI is InChI=1S/C11H22N2O3/c1-10(14)4-8-16-11(2)5-7-15-9-6-13-12-3/h12-13H,2,4-9H2,1,3H3. The monoisotopic (exact) mass is 230 g/mol.